The van der Waals surface area contributed by atoms with Crippen LogP contribution in [-0.2, 0) is 6.54 Å². The van der Waals surface area contributed by atoms with Gasteiger partial charge in [0, 0.05) is 17.0 Å². The molecule has 1 saturated carbocycles. The first-order valence-electron chi connectivity index (χ1n) is 5.34. The predicted octanol–water partition coefficient (Wildman–Crippen LogP) is 1.55. The van der Waals surface area contributed by atoms with E-state index in [2.05, 4.69) is 15.3 Å². The van der Waals surface area contributed by atoms with Crippen molar-refractivity contribution in [2.24, 2.45) is 0 Å². The zero-order chi connectivity index (χ0) is 11.1. The minimum Gasteiger partial charge on any atom is -0.381 e. The van der Waals surface area contributed by atoms with Crippen LogP contribution in [-0.4, -0.2) is 20.0 Å². The van der Waals surface area contributed by atoms with Crippen molar-refractivity contribution < 1.29 is 0 Å². The summed E-state index contributed by atoms with van der Waals surface area (Å²) in [5, 5.41) is 11.1. The molecule has 1 aliphatic rings. The average molecular weight is 235 g/mol. The predicted molar refractivity (Wildman–Crippen MR) is 62.4 cm³/mol. The third-order valence-electron chi connectivity index (χ3n) is 2.72. The number of rotatable bonds is 3. The molecule has 84 valence electrons. The van der Waals surface area contributed by atoms with Crippen LogP contribution in [0.4, 0.5) is 5.82 Å². The summed E-state index contributed by atoms with van der Waals surface area (Å²) < 4.78 is 1.89. The first-order chi connectivity index (χ1) is 7.74. The number of thiazole rings is 1. The van der Waals surface area contributed by atoms with Gasteiger partial charge in [-0.2, -0.15) is 0 Å². The van der Waals surface area contributed by atoms with E-state index in [-0.39, 0.29) is 0 Å². The molecule has 1 aliphatic carbocycles. The van der Waals surface area contributed by atoms with Gasteiger partial charge in [0.15, 0.2) is 5.82 Å². The van der Waals surface area contributed by atoms with E-state index in [1.165, 1.54) is 12.8 Å². The molecule has 0 aliphatic heterocycles. The molecule has 0 spiro atoms. The summed E-state index contributed by atoms with van der Waals surface area (Å²) >= 11 is 1.65. The van der Waals surface area contributed by atoms with Gasteiger partial charge in [0.1, 0.15) is 5.01 Å². The molecule has 0 bridgehead atoms. The molecule has 1 fully saturated rings. The Morgan fingerprint density at radius 3 is 3.00 bits per heavy atom. The van der Waals surface area contributed by atoms with Gasteiger partial charge in [-0.25, -0.2) is 9.67 Å². The maximum Gasteiger partial charge on any atom is 0.169 e. The number of nitrogen functional groups attached to an aromatic ring is 1. The summed E-state index contributed by atoms with van der Waals surface area (Å²) in [7, 11) is 0. The number of aryl methyl sites for hydroxylation is 1. The highest BCUT2D eigenvalue weighted by atomic mass is 32.1. The van der Waals surface area contributed by atoms with Gasteiger partial charge in [-0.1, -0.05) is 5.21 Å². The molecule has 5 nitrogen and oxygen atoms in total. The molecule has 6 heteroatoms. The molecule has 2 heterocycles. The van der Waals surface area contributed by atoms with Crippen molar-refractivity contribution in [2.45, 2.75) is 32.2 Å². The van der Waals surface area contributed by atoms with E-state index in [0.29, 0.717) is 18.3 Å². The number of nitrogens with two attached hydrogens (primary N) is 1. The standard InChI is InChI=1S/C10H13N5S/c1-6-5-16-8(12-6)4-15-9(7-2-3-7)10(11)13-14-15/h5,7H,2-4,11H2,1H3. The molecule has 0 saturated heterocycles. The Bertz CT molecular complexity index is 511. The molecule has 0 unspecified atom stereocenters. The molecule has 0 aromatic carbocycles. The third kappa shape index (κ3) is 1.69. The van der Waals surface area contributed by atoms with Gasteiger partial charge in [0.25, 0.3) is 0 Å². The lowest BCUT2D eigenvalue weighted by Gasteiger charge is -2.02. The third-order valence-corrected chi connectivity index (χ3v) is 3.67. The fraction of sp³-hybridized carbons (Fsp3) is 0.500. The van der Waals surface area contributed by atoms with E-state index in [9.17, 15) is 0 Å². The molecule has 2 N–H and O–H groups in total. The van der Waals surface area contributed by atoms with Crippen LogP contribution in [0.25, 0.3) is 0 Å². The summed E-state index contributed by atoms with van der Waals surface area (Å²) in [5.41, 5.74) is 7.98. The van der Waals surface area contributed by atoms with E-state index >= 15 is 0 Å². The first-order valence-corrected chi connectivity index (χ1v) is 6.22. The molecule has 0 atom stereocenters. The fourth-order valence-electron chi connectivity index (χ4n) is 1.83. The number of hydrogen-bond acceptors (Lipinski definition) is 5. The zero-order valence-electron chi connectivity index (χ0n) is 9.05. The van der Waals surface area contributed by atoms with Crippen LogP contribution in [0, 0.1) is 6.92 Å². The number of nitrogens with zero attached hydrogens (tertiary/aromatic N) is 4. The number of aromatic nitrogens is 4. The second-order valence-corrected chi connectivity index (χ2v) is 5.12. The fourth-order valence-corrected chi connectivity index (χ4v) is 2.58. The Labute approximate surface area is 97.3 Å². The largest absolute Gasteiger partial charge is 0.381 e. The second kappa shape index (κ2) is 3.55. The van der Waals surface area contributed by atoms with Gasteiger partial charge in [-0.05, 0) is 19.8 Å². The van der Waals surface area contributed by atoms with Crippen molar-refractivity contribution in [2.75, 3.05) is 5.73 Å². The van der Waals surface area contributed by atoms with Crippen molar-refractivity contribution in [1.29, 1.82) is 0 Å². The Hall–Kier alpha value is -1.43. The van der Waals surface area contributed by atoms with E-state index in [1.807, 2.05) is 17.0 Å². The molecule has 0 amide bonds. The lowest BCUT2D eigenvalue weighted by Crippen LogP contribution is -2.06. The van der Waals surface area contributed by atoms with Crippen LogP contribution in [0.15, 0.2) is 5.38 Å². The van der Waals surface area contributed by atoms with E-state index in [0.717, 1.165) is 16.4 Å². The Kier molecular flexibility index (Phi) is 2.17. The maximum atomic E-state index is 5.83. The summed E-state index contributed by atoms with van der Waals surface area (Å²) in [6, 6.07) is 0. The Balaban J connectivity index is 1.89. The summed E-state index contributed by atoms with van der Waals surface area (Å²) in [4.78, 5) is 4.43. The lowest BCUT2D eigenvalue weighted by molar-refractivity contribution is 0.617. The van der Waals surface area contributed by atoms with Crippen LogP contribution in [0.3, 0.4) is 0 Å². The van der Waals surface area contributed by atoms with E-state index in [1.54, 1.807) is 11.3 Å². The molecule has 3 rings (SSSR count). The number of hydrogen-bond donors (Lipinski definition) is 1. The molecule has 16 heavy (non-hydrogen) atoms. The van der Waals surface area contributed by atoms with Gasteiger partial charge in [-0.15, -0.1) is 16.4 Å². The van der Waals surface area contributed by atoms with Crippen molar-refractivity contribution in [3.05, 3.63) is 21.8 Å². The van der Waals surface area contributed by atoms with Gasteiger partial charge in [0.2, 0.25) is 0 Å². The normalized spacial score (nSPS) is 15.6. The molecular weight excluding hydrogens is 222 g/mol. The minimum absolute atomic E-state index is 0.566. The van der Waals surface area contributed by atoms with Gasteiger partial charge in [-0.3, -0.25) is 0 Å². The molecule has 2 aromatic rings. The van der Waals surface area contributed by atoms with Crippen LogP contribution >= 0.6 is 11.3 Å². The minimum atomic E-state index is 0.566. The summed E-state index contributed by atoms with van der Waals surface area (Å²) in [6.07, 6.45) is 2.41. The molecular formula is C10H13N5S. The number of anilines is 1. The van der Waals surface area contributed by atoms with E-state index in [4.69, 9.17) is 5.73 Å². The second-order valence-electron chi connectivity index (χ2n) is 4.17. The summed E-state index contributed by atoms with van der Waals surface area (Å²) in [6.45, 7) is 2.69. The summed E-state index contributed by atoms with van der Waals surface area (Å²) in [5.74, 6) is 1.15. The van der Waals surface area contributed by atoms with Crippen LogP contribution < -0.4 is 5.73 Å². The van der Waals surface area contributed by atoms with Crippen molar-refractivity contribution in [1.82, 2.24) is 20.0 Å². The van der Waals surface area contributed by atoms with Crippen molar-refractivity contribution in [3.8, 4) is 0 Å². The van der Waals surface area contributed by atoms with E-state index < -0.39 is 0 Å². The van der Waals surface area contributed by atoms with Gasteiger partial charge in [0.05, 0.1) is 12.2 Å². The monoisotopic (exact) mass is 235 g/mol. The SMILES string of the molecule is Cc1csc(Cn2nnc(N)c2C2CC2)n1. The first kappa shape index (κ1) is 9.77. The quantitative estimate of drug-likeness (QED) is 0.876. The Morgan fingerprint density at radius 2 is 2.38 bits per heavy atom. The zero-order valence-corrected chi connectivity index (χ0v) is 9.87. The van der Waals surface area contributed by atoms with Crippen LogP contribution in [0.1, 0.15) is 35.2 Å². The van der Waals surface area contributed by atoms with Gasteiger partial charge >= 0.3 is 0 Å². The Morgan fingerprint density at radius 1 is 1.56 bits per heavy atom. The van der Waals surface area contributed by atoms with Crippen LogP contribution in [0.2, 0.25) is 0 Å². The molecule has 2 aromatic heterocycles. The average Bonchev–Trinajstić information content (AvgIpc) is 2.91. The van der Waals surface area contributed by atoms with Crippen molar-refractivity contribution >= 4 is 17.2 Å². The topological polar surface area (TPSA) is 69.6 Å². The lowest BCUT2D eigenvalue weighted by atomic mass is 10.3. The molecule has 0 radical (unpaired) electrons. The van der Waals surface area contributed by atoms with Crippen molar-refractivity contribution in [3.63, 3.8) is 0 Å². The maximum absolute atomic E-state index is 5.83. The highest BCUT2D eigenvalue weighted by Gasteiger charge is 2.30. The van der Waals surface area contributed by atoms with Gasteiger partial charge < -0.3 is 5.73 Å². The smallest absolute Gasteiger partial charge is 0.169 e. The highest BCUT2D eigenvalue weighted by Crippen LogP contribution is 2.42. The van der Waals surface area contributed by atoms with Crippen LogP contribution in [0.5, 0.6) is 0 Å². The highest BCUT2D eigenvalue weighted by molar-refractivity contribution is 7.09.